The summed E-state index contributed by atoms with van der Waals surface area (Å²) in [5.74, 6) is 0.411. The molecule has 1 aromatic carbocycles. The molecule has 26 heavy (non-hydrogen) atoms. The van der Waals surface area contributed by atoms with Gasteiger partial charge < -0.3 is 10.1 Å². The highest BCUT2D eigenvalue weighted by molar-refractivity contribution is 5.96. The highest BCUT2D eigenvalue weighted by Gasteiger charge is 2.61. The second-order valence-electron chi connectivity index (χ2n) is 7.36. The van der Waals surface area contributed by atoms with E-state index in [-0.39, 0.29) is 17.1 Å². The van der Waals surface area contributed by atoms with E-state index in [1.807, 2.05) is 6.07 Å². The third-order valence-electron chi connectivity index (χ3n) is 5.65. The molecule has 7 nitrogen and oxygen atoms in total. The van der Waals surface area contributed by atoms with Crippen LogP contribution in [0.3, 0.4) is 0 Å². The fourth-order valence-electron chi connectivity index (χ4n) is 4.35. The van der Waals surface area contributed by atoms with E-state index in [1.54, 1.807) is 18.2 Å². The smallest absolute Gasteiger partial charge is 0.322 e. The number of hydrogen-bond acceptors (Lipinski definition) is 5. The lowest BCUT2D eigenvalue weighted by molar-refractivity contribution is -0.0169. The Morgan fingerprint density at radius 3 is 2.62 bits per heavy atom. The van der Waals surface area contributed by atoms with Crippen molar-refractivity contribution in [1.29, 1.82) is 0 Å². The van der Waals surface area contributed by atoms with Gasteiger partial charge >= 0.3 is 6.03 Å². The van der Waals surface area contributed by atoms with Gasteiger partial charge in [0.05, 0.1) is 30.9 Å². The van der Waals surface area contributed by atoms with Crippen LogP contribution in [0.5, 0.6) is 5.88 Å². The molecule has 1 aromatic heterocycles. The van der Waals surface area contributed by atoms with Crippen LogP contribution in [-0.4, -0.2) is 54.2 Å². The zero-order valence-electron chi connectivity index (χ0n) is 15.3. The minimum atomic E-state index is -0.252. The number of urea groups is 1. The maximum absolute atomic E-state index is 12.7. The monoisotopic (exact) mass is 353 g/mol. The van der Waals surface area contributed by atoms with Crippen LogP contribution in [0.15, 0.2) is 42.9 Å². The summed E-state index contributed by atoms with van der Waals surface area (Å²) < 4.78 is 5.29. The van der Waals surface area contributed by atoms with E-state index in [1.165, 1.54) is 11.9 Å². The number of nitrogens with one attached hydrogen (secondary N) is 1. The Balaban J connectivity index is 1.60. The fourth-order valence-corrected chi connectivity index (χ4v) is 4.35. The molecule has 0 unspecified atom stereocenters. The van der Waals surface area contributed by atoms with E-state index >= 15 is 0 Å². The molecule has 4 rings (SSSR count). The van der Waals surface area contributed by atoms with Gasteiger partial charge in [-0.05, 0) is 32.5 Å². The second-order valence-corrected chi connectivity index (χ2v) is 7.36. The van der Waals surface area contributed by atoms with Crippen molar-refractivity contribution in [3.63, 3.8) is 0 Å². The number of carbonyl (C=O) groups is 1. The molecule has 2 aromatic rings. The molecule has 136 valence electrons. The van der Waals surface area contributed by atoms with Crippen molar-refractivity contribution in [2.45, 2.75) is 23.9 Å². The summed E-state index contributed by atoms with van der Waals surface area (Å²) in [6.07, 6.45) is 4.76. The Kier molecular flexibility index (Phi) is 3.84. The van der Waals surface area contributed by atoms with Gasteiger partial charge in [-0.1, -0.05) is 30.3 Å². The number of ether oxygens (including phenoxy) is 1. The van der Waals surface area contributed by atoms with Crippen molar-refractivity contribution in [3.8, 4) is 5.88 Å². The molecule has 2 amide bonds. The SMILES string of the molecule is COc1ncncc1N1CC2(CC(c3ccccc3)(N(C)C)C2)NC1=O. The van der Waals surface area contributed by atoms with Crippen molar-refractivity contribution in [3.05, 3.63) is 48.4 Å². The number of rotatable bonds is 4. The van der Waals surface area contributed by atoms with E-state index in [0.29, 0.717) is 18.1 Å². The maximum Gasteiger partial charge on any atom is 0.322 e. The molecule has 1 aliphatic heterocycles. The Labute approximate surface area is 153 Å². The van der Waals surface area contributed by atoms with Crippen LogP contribution in [0.4, 0.5) is 10.5 Å². The average Bonchev–Trinajstić information content (AvgIpc) is 2.97. The molecule has 1 aliphatic carbocycles. The first-order valence-electron chi connectivity index (χ1n) is 8.66. The number of carbonyl (C=O) groups excluding carboxylic acids is 1. The van der Waals surface area contributed by atoms with Crippen molar-refractivity contribution >= 4 is 11.7 Å². The fraction of sp³-hybridized carbons (Fsp3) is 0.421. The van der Waals surface area contributed by atoms with Gasteiger partial charge in [-0.3, -0.25) is 9.80 Å². The molecular formula is C19H23N5O2. The first-order chi connectivity index (χ1) is 12.5. The molecule has 1 spiro atoms. The molecular weight excluding hydrogens is 330 g/mol. The Morgan fingerprint density at radius 2 is 1.96 bits per heavy atom. The lowest BCUT2D eigenvalue weighted by Gasteiger charge is -2.57. The van der Waals surface area contributed by atoms with Crippen LogP contribution >= 0.6 is 0 Å². The van der Waals surface area contributed by atoms with Crippen LogP contribution in [0, 0.1) is 0 Å². The van der Waals surface area contributed by atoms with Crippen molar-refractivity contribution in [2.75, 3.05) is 32.6 Å². The van der Waals surface area contributed by atoms with E-state index in [0.717, 1.165) is 12.8 Å². The van der Waals surface area contributed by atoms with E-state index < -0.39 is 0 Å². The van der Waals surface area contributed by atoms with Crippen LogP contribution in [-0.2, 0) is 5.54 Å². The van der Waals surface area contributed by atoms with Crippen molar-refractivity contribution < 1.29 is 9.53 Å². The summed E-state index contributed by atoms with van der Waals surface area (Å²) in [5, 5.41) is 3.20. The van der Waals surface area contributed by atoms with E-state index in [2.05, 4.69) is 58.5 Å². The zero-order chi connectivity index (χ0) is 18.4. The molecule has 2 aliphatic rings. The maximum atomic E-state index is 12.7. The topological polar surface area (TPSA) is 70.6 Å². The number of benzene rings is 1. The summed E-state index contributed by atoms with van der Waals surface area (Å²) in [5.41, 5.74) is 1.57. The quantitative estimate of drug-likeness (QED) is 0.910. The van der Waals surface area contributed by atoms with Gasteiger partial charge in [0.2, 0.25) is 5.88 Å². The first-order valence-corrected chi connectivity index (χ1v) is 8.66. The second kappa shape index (κ2) is 5.95. The average molecular weight is 353 g/mol. The highest BCUT2D eigenvalue weighted by Crippen LogP contribution is 2.53. The molecule has 1 saturated carbocycles. The van der Waals surface area contributed by atoms with E-state index in [9.17, 15) is 4.79 Å². The molecule has 0 radical (unpaired) electrons. The zero-order valence-corrected chi connectivity index (χ0v) is 15.3. The third-order valence-corrected chi connectivity index (χ3v) is 5.65. The highest BCUT2D eigenvalue weighted by atomic mass is 16.5. The lowest BCUT2D eigenvalue weighted by Crippen LogP contribution is -2.66. The van der Waals surface area contributed by atoms with E-state index in [4.69, 9.17) is 4.74 Å². The van der Waals surface area contributed by atoms with Gasteiger partial charge in [0.15, 0.2) is 0 Å². The summed E-state index contributed by atoms with van der Waals surface area (Å²) >= 11 is 0. The summed E-state index contributed by atoms with van der Waals surface area (Å²) in [6.45, 7) is 0.581. The van der Waals surface area contributed by atoms with Gasteiger partial charge in [-0.2, -0.15) is 4.98 Å². The largest absolute Gasteiger partial charge is 0.479 e. The third kappa shape index (κ3) is 2.42. The number of amides is 2. The molecule has 0 atom stereocenters. The summed E-state index contributed by atoms with van der Waals surface area (Å²) in [7, 11) is 5.75. The van der Waals surface area contributed by atoms with Gasteiger partial charge in [-0.25, -0.2) is 9.78 Å². The molecule has 2 fully saturated rings. The van der Waals surface area contributed by atoms with Crippen molar-refractivity contribution in [2.24, 2.45) is 0 Å². The number of hydrogen-bond donors (Lipinski definition) is 1. The minimum absolute atomic E-state index is 0.0676. The number of anilines is 1. The molecule has 7 heteroatoms. The predicted octanol–water partition coefficient (Wildman–Crippen LogP) is 2.00. The Hall–Kier alpha value is -2.67. The number of methoxy groups -OCH3 is 1. The standard InChI is InChI=1S/C19H23N5O2/c1-23(2)19(14-7-5-4-6-8-14)10-18(11-19)12-24(17(25)22-18)15-9-20-13-21-16(15)26-3/h4-9,13H,10-12H2,1-3H3,(H,22,25). The lowest BCUT2D eigenvalue weighted by atomic mass is 9.59. The normalized spacial score (nSPS) is 27.5. The molecule has 1 saturated heterocycles. The van der Waals surface area contributed by atoms with Crippen LogP contribution in [0.2, 0.25) is 0 Å². The van der Waals surface area contributed by atoms with Crippen LogP contribution in [0.1, 0.15) is 18.4 Å². The Morgan fingerprint density at radius 1 is 1.23 bits per heavy atom. The predicted molar refractivity (Wildman–Crippen MR) is 98.2 cm³/mol. The molecule has 0 bridgehead atoms. The number of nitrogens with zero attached hydrogens (tertiary/aromatic N) is 4. The van der Waals surface area contributed by atoms with Crippen molar-refractivity contribution in [1.82, 2.24) is 20.2 Å². The Bertz CT molecular complexity index is 818. The summed E-state index contributed by atoms with van der Waals surface area (Å²) in [6, 6.07) is 10.4. The van der Waals surface area contributed by atoms with Gasteiger partial charge in [0.1, 0.15) is 12.0 Å². The van der Waals surface area contributed by atoms with Gasteiger partial charge in [0, 0.05) is 0 Å². The van der Waals surface area contributed by atoms with Gasteiger partial charge in [0.25, 0.3) is 0 Å². The minimum Gasteiger partial charge on any atom is -0.479 e. The summed E-state index contributed by atoms with van der Waals surface area (Å²) in [4.78, 5) is 24.8. The van der Waals surface area contributed by atoms with Crippen LogP contribution < -0.4 is 15.0 Å². The molecule has 2 heterocycles. The van der Waals surface area contributed by atoms with Crippen LogP contribution in [0.25, 0.3) is 0 Å². The molecule has 1 N–H and O–H groups in total. The number of aromatic nitrogens is 2. The first kappa shape index (κ1) is 16.8. The van der Waals surface area contributed by atoms with Gasteiger partial charge in [-0.15, -0.1) is 0 Å².